The molecule has 4 aromatic heterocycles. The van der Waals surface area contributed by atoms with Crippen LogP contribution < -0.4 is 15.6 Å². The Balaban J connectivity index is 1.67. The van der Waals surface area contributed by atoms with E-state index in [0.717, 1.165) is 0 Å². The second-order valence-corrected chi connectivity index (χ2v) is 11.0. The van der Waals surface area contributed by atoms with Crippen molar-refractivity contribution in [2.75, 3.05) is 51.0 Å². The highest BCUT2D eigenvalue weighted by Gasteiger charge is 2.49. The summed E-state index contributed by atoms with van der Waals surface area (Å²) in [7, 11) is 6.71. The molecule has 42 heavy (non-hydrogen) atoms. The van der Waals surface area contributed by atoms with E-state index in [1.165, 1.54) is 41.4 Å². The lowest BCUT2D eigenvalue weighted by atomic mass is 10.0. The second-order valence-electron chi connectivity index (χ2n) is 11.0. The van der Waals surface area contributed by atoms with Crippen molar-refractivity contribution in [3.63, 3.8) is 0 Å². The molecule has 6 rings (SSSR count). The molecule has 5 heterocycles. The van der Waals surface area contributed by atoms with E-state index in [0.29, 0.717) is 44.4 Å². The van der Waals surface area contributed by atoms with Gasteiger partial charge in [0, 0.05) is 62.3 Å². The number of pyridine rings is 3. The van der Waals surface area contributed by atoms with Crippen molar-refractivity contribution in [1.29, 1.82) is 0 Å². The van der Waals surface area contributed by atoms with Crippen LogP contribution in [0.2, 0.25) is 0 Å². The largest absolute Gasteiger partial charge is 0.477 e. The molecule has 0 saturated carbocycles. The smallest absolute Gasteiger partial charge is 0.341 e. The maximum Gasteiger partial charge on any atom is 0.341 e. The normalized spacial score (nSPS) is 16.8. The minimum absolute atomic E-state index is 0.0180. The molecule has 1 aliphatic heterocycles. The van der Waals surface area contributed by atoms with Gasteiger partial charge in [0.05, 0.1) is 40.1 Å². The van der Waals surface area contributed by atoms with Crippen LogP contribution in [-0.2, 0) is 7.05 Å². The molecule has 1 aromatic carbocycles. The molecule has 0 bridgehead atoms. The van der Waals surface area contributed by atoms with Crippen LogP contribution in [0.4, 0.5) is 24.5 Å². The van der Waals surface area contributed by atoms with Crippen molar-refractivity contribution in [3.05, 3.63) is 58.4 Å². The summed E-state index contributed by atoms with van der Waals surface area (Å²) in [5, 5.41) is 13.5. The van der Waals surface area contributed by atoms with Gasteiger partial charge in [-0.25, -0.2) is 27.9 Å². The molecule has 0 amide bonds. The third kappa shape index (κ3) is 4.31. The first kappa shape index (κ1) is 27.5. The van der Waals surface area contributed by atoms with Gasteiger partial charge >= 0.3 is 5.97 Å². The average Bonchev–Trinajstić information content (AvgIpc) is 3.45. The molecule has 1 fully saturated rings. The Labute approximate surface area is 237 Å². The van der Waals surface area contributed by atoms with Gasteiger partial charge in [-0.2, -0.15) is 0 Å². The summed E-state index contributed by atoms with van der Waals surface area (Å²) in [6.07, 6.45) is 4.21. The number of carboxylic acids is 1. The van der Waals surface area contributed by atoms with Crippen LogP contribution in [0.15, 0.2) is 41.6 Å². The first-order valence-corrected chi connectivity index (χ1v) is 13.2. The molecule has 0 radical (unpaired) electrons. The van der Waals surface area contributed by atoms with E-state index in [9.17, 15) is 19.1 Å². The van der Waals surface area contributed by atoms with Crippen LogP contribution in [0.1, 0.15) is 10.4 Å². The van der Waals surface area contributed by atoms with Crippen molar-refractivity contribution in [2.45, 2.75) is 5.92 Å². The molecule has 1 aliphatic rings. The van der Waals surface area contributed by atoms with Gasteiger partial charge in [0.1, 0.15) is 22.7 Å². The number of nitrogens with one attached hydrogen (secondary N) is 2. The molecular formula is C29H28F3N7O3. The average molecular weight is 580 g/mol. The predicted octanol–water partition coefficient (Wildman–Crippen LogP) is 4.14. The van der Waals surface area contributed by atoms with E-state index in [2.05, 4.69) is 20.3 Å². The van der Waals surface area contributed by atoms with Gasteiger partial charge in [-0.15, -0.1) is 0 Å². The Kier molecular flexibility index (Phi) is 6.37. The lowest BCUT2D eigenvalue weighted by Crippen LogP contribution is -2.34. The number of rotatable bonds is 6. The van der Waals surface area contributed by atoms with Gasteiger partial charge in [0.25, 0.3) is 5.92 Å². The molecule has 0 spiro atoms. The highest BCUT2D eigenvalue weighted by Crippen LogP contribution is 2.46. The molecule has 1 unspecified atom stereocenters. The maximum absolute atomic E-state index is 15.4. The number of benzene rings is 1. The van der Waals surface area contributed by atoms with Crippen molar-refractivity contribution in [3.8, 4) is 11.1 Å². The number of aromatic nitrogens is 4. The monoisotopic (exact) mass is 579 g/mol. The van der Waals surface area contributed by atoms with E-state index >= 15 is 8.78 Å². The highest BCUT2D eigenvalue weighted by molar-refractivity contribution is 6.18. The van der Waals surface area contributed by atoms with E-state index in [1.807, 2.05) is 0 Å². The topological polar surface area (TPSA) is 119 Å². The summed E-state index contributed by atoms with van der Waals surface area (Å²) >= 11 is 0. The second kappa shape index (κ2) is 9.72. The molecule has 218 valence electrons. The number of anilines is 2. The Morgan fingerprint density at radius 2 is 1.98 bits per heavy atom. The Hall–Kier alpha value is -4.65. The van der Waals surface area contributed by atoms with Gasteiger partial charge in [0.2, 0.25) is 5.43 Å². The number of carboxylic acid groups (broad SMARTS) is 1. The zero-order chi connectivity index (χ0) is 30.1. The van der Waals surface area contributed by atoms with E-state index in [4.69, 9.17) is 0 Å². The number of aromatic amines is 1. The first-order chi connectivity index (χ1) is 19.9. The zero-order valence-corrected chi connectivity index (χ0v) is 23.3. The summed E-state index contributed by atoms with van der Waals surface area (Å²) in [5.74, 6) is -5.88. The number of halogens is 3. The first-order valence-electron chi connectivity index (χ1n) is 13.2. The number of aromatic carboxylic acids is 1. The fourth-order valence-corrected chi connectivity index (χ4v) is 5.96. The standard InChI is InChI=1S/C29H28F3N7O3/c1-33-21-7-16(30)6-17-22-24(39-11-15(10-37(2)3)29(31,32)13-39)19(9-34-26(22)36-23(17)21)14-5-18-25(40)20(28(41)42)12-38(4)27(18)35-8-14/h5-9,12,15,33H,10-11,13H2,1-4H3,(H,34,36)(H,41,42). The van der Waals surface area contributed by atoms with E-state index in [1.54, 1.807) is 38.0 Å². The minimum atomic E-state index is -3.02. The van der Waals surface area contributed by atoms with Crippen LogP contribution in [0, 0.1) is 11.7 Å². The Bertz CT molecular complexity index is 1970. The summed E-state index contributed by atoms with van der Waals surface area (Å²) in [4.78, 5) is 40.3. The maximum atomic E-state index is 15.4. The van der Waals surface area contributed by atoms with Gasteiger partial charge in [-0.3, -0.25) is 4.79 Å². The number of fused-ring (bicyclic) bond motifs is 4. The number of H-pyrrole nitrogens is 1. The molecule has 1 atom stereocenters. The summed E-state index contributed by atoms with van der Waals surface area (Å²) in [6, 6.07) is 4.17. The number of alkyl halides is 2. The summed E-state index contributed by atoms with van der Waals surface area (Å²) in [5.41, 5.74) is 1.72. The van der Waals surface area contributed by atoms with Crippen molar-refractivity contribution in [1.82, 2.24) is 24.4 Å². The van der Waals surface area contributed by atoms with Crippen LogP contribution in [0.5, 0.6) is 0 Å². The zero-order valence-electron chi connectivity index (χ0n) is 23.3. The summed E-state index contributed by atoms with van der Waals surface area (Å²) in [6.45, 7) is -0.403. The number of carbonyl (C=O) groups is 1. The highest BCUT2D eigenvalue weighted by atomic mass is 19.3. The lowest BCUT2D eigenvalue weighted by Gasteiger charge is -2.23. The van der Waals surface area contributed by atoms with Crippen molar-refractivity contribution >= 4 is 50.3 Å². The lowest BCUT2D eigenvalue weighted by molar-refractivity contribution is -0.0280. The van der Waals surface area contributed by atoms with E-state index in [-0.39, 0.29) is 24.1 Å². The quantitative estimate of drug-likeness (QED) is 0.275. The fraction of sp³-hybridized carbons (Fsp3) is 0.310. The summed E-state index contributed by atoms with van der Waals surface area (Å²) < 4.78 is 47.1. The predicted molar refractivity (Wildman–Crippen MR) is 155 cm³/mol. The molecule has 10 nitrogen and oxygen atoms in total. The Morgan fingerprint density at radius 1 is 1.21 bits per heavy atom. The number of aryl methyl sites for hydroxylation is 1. The third-order valence-corrected chi connectivity index (χ3v) is 7.83. The van der Waals surface area contributed by atoms with Crippen LogP contribution in [0.25, 0.3) is 44.1 Å². The van der Waals surface area contributed by atoms with Crippen molar-refractivity contribution < 1.29 is 23.1 Å². The van der Waals surface area contributed by atoms with Gasteiger partial charge in [0.15, 0.2) is 0 Å². The van der Waals surface area contributed by atoms with Crippen LogP contribution >= 0.6 is 0 Å². The molecule has 5 aromatic rings. The van der Waals surface area contributed by atoms with Gasteiger partial charge in [-0.05, 0) is 32.3 Å². The van der Waals surface area contributed by atoms with Gasteiger partial charge < -0.3 is 29.8 Å². The van der Waals surface area contributed by atoms with Crippen LogP contribution in [-0.4, -0.2) is 82.2 Å². The number of hydrogen-bond donors (Lipinski definition) is 3. The SMILES string of the molecule is CNc1cc(F)cc2c1[nH]c1ncc(-c3cnc4c(c3)c(=O)c(C(=O)O)cn4C)c(N3CC(CN(C)C)C(F)(F)C3)c12. The van der Waals surface area contributed by atoms with Gasteiger partial charge in [-0.1, -0.05) is 0 Å². The Morgan fingerprint density at radius 3 is 2.67 bits per heavy atom. The third-order valence-electron chi connectivity index (χ3n) is 7.83. The number of hydrogen-bond acceptors (Lipinski definition) is 7. The number of nitrogens with zero attached hydrogens (tertiary/aromatic N) is 5. The molecule has 13 heteroatoms. The van der Waals surface area contributed by atoms with Crippen LogP contribution in [0.3, 0.4) is 0 Å². The minimum Gasteiger partial charge on any atom is -0.477 e. The molecule has 3 N–H and O–H groups in total. The fourth-order valence-electron chi connectivity index (χ4n) is 5.96. The molecular weight excluding hydrogens is 551 g/mol. The van der Waals surface area contributed by atoms with E-state index < -0.39 is 41.2 Å². The van der Waals surface area contributed by atoms with Crippen molar-refractivity contribution in [2.24, 2.45) is 13.0 Å². The molecule has 1 saturated heterocycles. The molecule has 0 aliphatic carbocycles.